The van der Waals surface area contributed by atoms with Crippen LogP contribution in [0.1, 0.15) is 52.6 Å². The maximum absolute atomic E-state index is 12.0. The molecule has 0 aliphatic heterocycles. The molecule has 0 aromatic carbocycles. The Balaban J connectivity index is 0.000000970. The van der Waals surface area contributed by atoms with Crippen molar-refractivity contribution in [2.75, 3.05) is 5.32 Å². The highest BCUT2D eigenvalue weighted by molar-refractivity contribution is 5.90. The fourth-order valence-corrected chi connectivity index (χ4v) is 1.89. The third-order valence-corrected chi connectivity index (χ3v) is 2.73. The zero-order valence-electron chi connectivity index (χ0n) is 16.2. The lowest BCUT2D eigenvalue weighted by Crippen LogP contribution is -2.27. The van der Waals surface area contributed by atoms with Crippen molar-refractivity contribution in [3.8, 4) is 11.3 Å². The molecule has 0 radical (unpaired) electrons. The second-order valence-electron chi connectivity index (χ2n) is 6.69. The Kier molecular flexibility index (Phi) is 7.48. The molecule has 0 atom stereocenters. The number of anilines is 1. The summed E-state index contributed by atoms with van der Waals surface area (Å²) >= 11 is 0. The van der Waals surface area contributed by atoms with E-state index in [0.717, 1.165) is 11.3 Å². The van der Waals surface area contributed by atoms with Gasteiger partial charge in [0.25, 0.3) is 0 Å². The minimum atomic E-state index is -0.558. The van der Waals surface area contributed by atoms with Crippen molar-refractivity contribution in [3.63, 3.8) is 0 Å². The number of carbonyl (C=O) groups is 1. The van der Waals surface area contributed by atoms with Gasteiger partial charge >= 0.3 is 6.09 Å². The van der Waals surface area contributed by atoms with Gasteiger partial charge < -0.3 is 4.74 Å². The van der Waals surface area contributed by atoms with Gasteiger partial charge in [-0.15, -0.1) is 0 Å². The molecule has 1 N–H and O–H groups in total. The number of nitrogens with one attached hydrogen (secondary N) is 1. The molecule has 2 aromatic heterocycles. The summed E-state index contributed by atoms with van der Waals surface area (Å²) in [6, 6.07) is 3.57. The van der Waals surface area contributed by atoms with Gasteiger partial charge in [0.15, 0.2) is 0 Å². The Bertz CT molecular complexity index is 709. The molecular weight excluding hydrogens is 316 g/mol. The summed E-state index contributed by atoms with van der Waals surface area (Å²) < 4.78 is 5.29. The fraction of sp³-hybridized carbons (Fsp3) is 0.474. The van der Waals surface area contributed by atoms with E-state index in [4.69, 9.17) is 4.74 Å². The van der Waals surface area contributed by atoms with Crippen molar-refractivity contribution in [2.45, 2.75) is 60.5 Å². The van der Waals surface area contributed by atoms with Gasteiger partial charge in [-0.1, -0.05) is 20.3 Å². The Hall–Kier alpha value is -2.50. The third-order valence-electron chi connectivity index (χ3n) is 2.73. The number of hydrogen-bond donors (Lipinski definition) is 1. The number of nitrogens with zero attached hydrogens (tertiary/aromatic N) is 3. The second-order valence-corrected chi connectivity index (χ2v) is 6.69. The topological polar surface area (TPSA) is 77.0 Å². The predicted octanol–water partition coefficient (Wildman–Crippen LogP) is 4.92. The molecule has 1 amide bonds. The number of aryl methyl sites for hydroxylation is 2. The number of ether oxygens (including phenoxy) is 1. The molecule has 0 aliphatic carbocycles. The number of aromatic nitrogens is 3. The van der Waals surface area contributed by atoms with E-state index >= 15 is 0 Å². The molecule has 25 heavy (non-hydrogen) atoms. The van der Waals surface area contributed by atoms with Crippen LogP contribution in [0.15, 0.2) is 24.5 Å². The van der Waals surface area contributed by atoms with Crippen LogP contribution in [-0.4, -0.2) is 26.6 Å². The average molecular weight is 344 g/mol. The number of pyridine rings is 1. The molecule has 0 saturated heterocycles. The van der Waals surface area contributed by atoms with Crippen molar-refractivity contribution < 1.29 is 9.53 Å². The van der Waals surface area contributed by atoms with E-state index in [1.807, 2.05) is 34.6 Å². The highest BCUT2D eigenvalue weighted by Crippen LogP contribution is 2.26. The summed E-state index contributed by atoms with van der Waals surface area (Å²) in [5.74, 6) is 0.654. The fourth-order valence-electron chi connectivity index (χ4n) is 1.89. The first-order valence-corrected chi connectivity index (χ1v) is 8.43. The SMILES string of the molecule is CCC.Cc1cc(NC(=O)OC(C)(C)C)c(-c2ccnc(C)n2)cn1. The lowest BCUT2D eigenvalue weighted by molar-refractivity contribution is 0.0636. The van der Waals surface area contributed by atoms with Gasteiger partial charge in [-0.3, -0.25) is 10.3 Å². The Morgan fingerprint density at radius 1 is 1.20 bits per heavy atom. The summed E-state index contributed by atoms with van der Waals surface area (Å²) in [5.41, 5.74) is 2.27. The summed E-state index contributed by atoms with van der Waals surface area (Å²) in [6.07, 6.45) is 4.10. The minimum Gasteiger partial charge on any atom is -0.444 e. The molecule has 2 heterocycles. The quantitative estimate of drug-likeness (QED) is 0.837. The monoisotopic (exact) mass is 344 g/mol. The normalized spacial score (nSPS) is 10.5. The van der Waals surface area contributed by atoms with Crippen LogP contribution in [0.4, 0.5) is 10.5 Å². The highest BCUT2D eigenvalue weighted by Gasteiger charge is 2.18. The number of hydrogen-bond acceptors (Lipinski definition) is 5. The largest absolute Gasteiger partial charge is 0.444 e. The van der Waals surface area contributed by atoms with E-state index in [1.54, 1.807) is 24.5 Å². The van der Waals surface area contributed by atoms with E-state index in [9.17, 15) is 4.79 Å². The number of amides is 1. The van der Waals surface area contributed by atoms with Crippen LogP contribution in [0.25, 0.3) is 11.3 Å². The first kappa shape index (κ1) is 20.5. The van der Waals surface area contributed by atoms with Gasteiger partial charge in [0.2, 0.25) is 0 Å². The van der Waals surface area contributed by atoms with Crippen LogP contribution in [0.5, 0.6) is 0 Å². The summed E-state index contributed by atoms with van der Waals surface area (Å²) in [5, 5.41) is 2.76. The van der Waals surface area contributed by atoms with E-state index in [1.165, 1.54) is 6.42 Å². The molecule has 6 heteroatoms. The Labute approximate surface area is 150 Å². The van der Waals surface area contributed by atoms with Crippen LogP contribution in [0.2, 0.25) is 0 Å². The van der Waals surface area contributed by atoms with Crippen LogP contribution in [0, 0.1) is 13.8 Å². The summed E-state index contributed by atoms with van der Waals surface area (Å²) in [7, 11) is 0. The van der Waals surface area contributed by atoms with Crippen LogP contribution in [-0.2, 0) is 4.74 Å². The van der Waals surface area contributed by atoms with Gasteiger partial charge in [0.1, 0.15) is 11.4 Å². The molecule has 0 aliphatic rings. The summed E-state index contributed by atoms with van der Waals surface area (Å²) in [6.45, 7) is 13.4. The third kappa shape index (κ3) is 7.28. The molecule has 2 aromatic rings. The van der Waals surface area contributed by atoms with Crippen molar-refractivity contribution in [1.29, 1.82) is 0 Å². The lowest BCUT2D eigenvalue weighted by atomic mass is 10.1. The van der Waals surface area contributed by atoms with Crippen molar-refractivity contribution >= 4 is 11.8 Å². The molecular formula is C19H28N4O2. The lowest BCUT2D eigenvalue weighted by Gasteiger charge is -2.20. The van der Waals surface area contributed by atoms with E-state index < -0.39 is 11.7 Å². The molecule has 136 valence electrons. The van der Waals surface area contributed by atoms with Crippen LogP contribution < -0.4 is 5.32 Å². The molecule has 0 unspecified atom stereocenters. The first-order valence-electron chi connectivity index (χ1n) is 8.43. The number of carbonyl (C=O) groups excluding carboxylic acids is 1. The molecule has 0 bridgehead atoms. The Morgan fingerprint density at radius 2 is 1.84 bits per heavy atom. The molecule has 0 fully saturated rings. The molecule has 0 saturated carbocycles. The smallest absolute Gasteiger partial charge is 0.412 e. The predicted molar refractivity (Wildman–Crippen MR) is 101 cm³/mol. The minimum absolute atomic E-state index is 0.509. The van der Waals surface area contributed by atoms with E-state index in [2.05, 4.69) is 34.1 Å². The maximum Gasteiger partial charge on any atom is 0.412 e. The molecule has 2 rings (SSSR count). The van der Waals surface area contributed by atoms with Gasteiger partial charge in [-0.05, 0) is 46.8 Å². The average Bonchev–Trinajstić information content (AvgIpc) is 2.46. The van der Waals surface area contributed by atoms with Gasteiger partial charge in [-0.25, -0.2) is 14.8 Å². The maximum atomic E-state index is 12.0. The zero-order chi connectivity index (χ0) is 19.0. The van der Waals surface area contributed by atoms with E-state index in [-0.39, 0.29) is 0 Å². The van der Waals surface area contributed by atoms with Gasteiger partial charge in [0.05, 0.1) is 11.4 Å². The first-order chi connectivity index (χ1) is 11.7. The Morgan fingerprint density at radius 3 is 2.40 bits per heavy atom. The van der Waals surface area contributed by atoms with Crippen LogP contribution >= 0.6 is 0 Å². The van der Waals surface area contributed by atoms with Crippen molar-refractivity contribution in [1.82, 2.24) is 15.0 Å². The zero-order valence-corrected chi connectivity index (χ0v) is 16.2. The second kappa shape index (κ2) is 9.11. The molecule has 0 spiro atoms. The van der Waals surface area contributed by atoms with Crippen LogP contribution in [0.3, 0.4) is 0 Å². The molecule has 6 nitrogen and oxygen atoms in total. The summed E-state index contributed by atoms with van der Waals surface area (Å²) in [4.78, 5) is 24.7. The van der Waals surface area contributed by atoms with Gasteiger partial charge in [0, 0.05) is 23.7 Å². The van der Waals surface area contributed by atoms with Crippen molar-refractivity contribution in [2.24, 2.45) is 0 Å². The van der Waals surface area contributed by atoms with Gasteiger partial charge in [-0.2, -0.15) is 0 Å². The standard InChI is InChI=1S/C16H20N4O2.C3H8/c1-10-8-14(20-15(21)22-16(3,4)5)12(9-18-10)13-6-7-17-11(2)19-13;1-3-2/h6-9H,1-5H3,(H,18,20,21);3H2,1-2H3. The van der Waals surface area contributed by atoms with E-state index in [0.29, 0.717) is 17.2 Å². The number of rotatable bonds is 2. The van der Waals surface area contributed by atoms with Crippen molar-refractivity contribution in [3.05, 3.63) is 36.0 Å². The highest BCUT2D eigenvalue weighted by atomic mass is 16.6.